The predicted octanol–water partition coefficient (Wildman–Crippen LogP) is 3.38. The lowest BCUT2D eigenvalue weighted by atomic mass is 9.94. The molecule has 5 heteroatoms. The summed E-state index contributed by atoms with van der Waals surface area (Å²) in [5.41, 5.74) is -0.423. The molecule has 19 heavy (non-hydrogen) atoms. The summed E-state index contributed by atoms with van der Waals surface area (Å²) in [4.78, 5) is 3.53. The predicted molar refractivity (Wildman–Crippen MR) is 72.2 cm³/mol. The van der Waals surface area contributed by atoms with Crippen LogP contribution in [0.5, 0.6) is 0 Å². The Kier molecular flexibility index (Phi) is 4.63. The van der Waals surface area contributed by atoms with Crippen LogP contribution < -0.4 is 0 Å². The van der Waals surface area contributed by atoms with Crippen LogP contribution >= 0.6 is 0 Å². The van der Waals surface area contributed by atoms with Gasteiger partial charge in [-0.3, -0.25) is 9.80 Å². The summed E-state index contributed by atoms with van der Waals surface area (Å²) in [6.45, 7) is 13.7. The molecule has 1 unspecified atom stereocenters. The molecule has 0 saturated carbocycles. The molecule has 1 saturated heterocycles. The maximum atomic E-state index is 13.3. The van der Waals surface area contributed by atoms with Crippen LogP contribution in [-0.2, 0) is 0 Å². The van der Waals surface area contributed by atoms with Crippen LogP contribution in [0.4, 0.5) is 13.2 Å². The third-order valence-electron chi connectivity index (χ3n) is 3.40. The Morgan fingerprint density at radius 2 is 1.47 bits per heavy atom. The van der Waals surface area contributed by atoms with Crippen molar-refractivity contribution >= 4 is 0 Å². The number of nitrogens with zero attached hydrogens (tertiary/aromatic N) is 2. The van der Waals surface area contributed by atoms with Crippen molar-refractivity contribution in [1.29, 1.82) is 0 Å². The van der Waals surface area contributed by atoms with Crippen molar-refractivity contribution in [2.24, 2.45) is 5.41 Å². The molecule has 2 nitrogen and oxygen atoms in total. The number of alkyl halides is 3. The Hall–Kier alpha value is -0.290. The van der Waals surface area contributed by atoms with Crippen LogP contribution in [0, 0.1) is 5.41 Å². The molecule has 1 fully saturated rings. The van der Waals surface area contributed by atoms with E-state index in [9.17, 15) is 13.2 Å². The smallest absolute Gasteiger partial charge is 0.300 e. The second kappa shape index (κ2) is 5.24. The van der Waals surface area contributed by atoms with Crippen LogP contribution in [0.15, 0.2) is 0 Å². The molecule has 0 aromatic heterocycles. The second-order valence-electron chi connectivity index (χ2n) is 7.72. The maximum absolute atomic E-state index is 13.3. The van der Waals surface area contributed by atoms with E-state index in [1.54, 1.807) is 4.90 Å². The van der Waals surface area contributed by atoms with Crippen molar-refractivity contribution in [3.63, 3.8) is 0 Å². The molecule has 1 atom stereocenters. The quantitative estimate of drug-likeness (QED) is 0.726. The third kappa shape index (κ3) is 4.95. The van der Waals surface area contributed by atoms with Gasteiger partial charge in [0.05, 0.1) is 0 Å². The van der Waals surface area contributed by atoms with Crippen molar-refractivity contribution in [3.8, 4) is 0 Å². The average Bonchev–Trinajstić information content (AvgIpc) is 2.11. The molecule has 0 radical (unpaired) electrons. The van der Waals surface area contributed by atoms with Gasteiger partial charge in [-0.2, -0.15) is 13.2 Å². The second-order valence-corrected chi connectivity index (χ2v) is 7.72. The Morgan fingerprint density at radius 3 is 1.84 bits per heavy atom. The maximum Gasteiger partial charge on any atom is 0.405 e. The first-order valence-corrected chi connectivity index (χ1v) is 6.86. The number of piperazine rings is 1. The highest BCUT2D eigenvalue weighted by Gasteiger charge is 2.49. The molecule has 0 amide bonds. The molecule has 0 bridgehead atoms. The first-order chi connectivity index (χ1) is 8.31. The lowest BCUT2D eigenvalue weighted by Gasteiger charge is -2.49. The SMILES string of the molecule is CC(C)(C)CN1CCN(C(C)(C)C)C(C(F)(F)F)C1. The van der Waals surface area contributed by atoms with Gasteiger partial charge >= 0.3 is 6.18 Å². The van der Waals surface area contributed by atoms with Crippen LogP contribution in [-0.4, -0.2) is 53.7 Å². The Bertz CT molecular complexity index is 299. The summed E-state index contributed by atoms with van der Waals surface area (Å²) in [6.07, 6.45) is -4.16. The highest BCUT2D eigenvalue weighted by atomic mass is 19.4. The number of rotatable bonds is 1. The first-order valence-electron chi connectivity index (χ1n) is 6.86. The standard InChI is InChI=1S/C14H27F3N2/c1-12(2,3)10-18-7-8-19(13(4,5)6)11(9-18)14(15,16)17/h11H,7-10H2,1-6H3. The molecule has 0 N–H and O–H groups in total. The van der Waals surface area contributed by atoms with Crippen molar-refractivity contribution < 1.29 is 13.2 Å². The summed E-state index contributed by atoms with van der Waals surface area (Å²) in [6, 6.07) is -1.36. The molecule has 114 valence electrons. The molecular formula is C14H27F3N2. The minimum absolute atomic E-state index is 0.0278. The summed E-state index contributed by atoms with van der Waals surface area (Å²) < 4.78 is 39.8. The number of halogens is 3. The van der Waals surface area contributed by atoms with E-state index in [1.165, 1.54) is 0 Å². The lowest BCUT2D eigenvalue weighted by Crippen LogP contribution is -2.64. The van der Waals surface area contributed by atoms with E-state index in [0.29, 0.717) is 19.6 Å². The summed E-state index contributed by atoms with van der Waals surface area (Å²) in [5.74, 6) is 0. The highest BCUT2D eigenvalue weighted by molar-refractivity contribution is 4.93. The highest BCUT2D eigenvalue weighted by Crippen LogP contribution is 2.33. The topological polar surface area (TPSA) is 6.48 Å². The van der Waals surface area contributed by atoms with E-state index in [2.05, 4.69) is 20.8 Å². The van der Waals surface area contributed by atoms with Gasteiger partial charge in [-0.25, -0.2) is 0 Å². The molecule has 0 aromatic carbocycles. The van der Waals surface area contributed by atoms with Gasteiger partial charge in [0.25, 0.3) is 0 Å². The fourth-order valence-corrected chi connectivity index (χ4v) is 2.74. The largest absolute Gasteiger partial charge is 0.405 e. The molecule has 1 aliphatic heterocycles. The van der Waals surface area contributed by atoms with Gasteiger partial charge in [0.2, 0.25) is 0 Å². The van der Waals surface area contributed by atoms with E-state index in [-0.39, 0.29) is 12.0 Å². The molecule has 1 heterocycles. The van der Waals surface area contributed by atoms with Crippen LogP contribution in [0.25, 0.3) is 0 Å². The monoisotopic (exact) mass is 280 g/mol. The molecule has 0 spiro atoms. The summed E-state index contributed by atoms with van der Waals surface area (Å²) in [5, 5.41) is 0. The Morgan fingerprint density at radius 1 is 0.947 bits per heavy atom. The summed E-state index contributed by atoms with van der Waals surface area (Å²) >= 11 is 0. The lowest BCUT2D eigenvalue weighted by molar-refractivity contribution is -0.211. The van der Waals surface area contributed by atoms with E-state index in [1.807, 2.05) is 25.7 Å². The Labute approximate surface area is 114 Å². The molecule has 1 aliphatic rings. The molecule has 1 rings (SSSR count). The fourth-order valence-electron chi connectivity index (χ4n) is 2.74. The summed E-state index contributed by atoms with van der Waals surface area (Å²) in [7, 11) is 0. The van der Waals surface area contributed by atoms with Crippen molar-refractivity contribution in [1.82, 2.24) is 9.80 Å². The van der Waals surface area contributed by atoms with Crippen LogP contribution in [0.3, 0.4) is 0 Å². The normalized spacial score (nSPS) is 24.8. The number of hydrogen-bond acceptors (Lipinski definition) is 2. The van der Waals surface area contributed by atoms with Gasteiger partial charge in [-0.05, 0) is 26.2 Å². The zero-order chi connectivity index (χ0) is 15.1. The van der Waals surface area contributed by atoms with E-state index >= 15 is 0 Å². The molecular weight excluding hydrogens is 253 g/mol. The minimum atomic E-state index is -4.16. The number of hydrogen-bond donors (Lipinski definition) is 0. The first kappa shape index (κ1) is 16.8. The molecule has 0 aliphatic carbocycles. The van der Waals surface area contributed by atoms with Crippen LogP contribution in [0.1, 0.15) is 41.5 Å². The van der Waals surface area contributed by atoms with Gasteiger partial charge in [0.15, 0.2) is 0 Å². The van der Waals surface area contributed by atoms with Gasteiger partial charge < -0.3 is 0 Å². The molecule has 0 aromatic rings. The minimum Gasteiger partial charge on any atom is -0.300 e. The van der Waals surface area contributed by atoms with E-state index < -0.39 is 17.8 Å². The van der Waals surface area contributed by atoms with Crippen molar-refractivity contribution in [3.05, 3.63) is 0 Å². The zero-order valence-electron chi connectivity index (χ0n) is 12.9. The van der Waals surface area contributed by atoms with Crippen molar-refractivity contribution in [2.75, 3.05) is 26.2 Å². The van der Waals surface area contributed by atoms with Gasteiger partial charge in [-0.15, -0.1) is 0 Å². The van der Waals surface area contributed by atoms with Crippen LogP contribution in [0.2, 0.25) is 0 Å². The van der Waals surface area contributed by atoms with Gasteiger partial charge in [0, 0.05) is 31.7 Å². The van der Waals surface area contributed by atoms with Gasteiger partial charge in [-0.1, -0.05) is 20.8 Å². The van der Waals surface area contributed by atoms with Crippen molar-refractivity contribution in [2.45, 2.75) is 59.3 Å². The van der Waals surface area contributed by atoms with Gasteiger partial charge in [0.1, 0.15) is 6.04 Å². The van der Waals surface area contributed by atoms with E-state index in [0.717, 1.165) is 0 Å². The Balaban J connectivity index is 2.84. The average molecular weight is 280 g/mol. The fraction of sp³-hybridized carbons (Fsp3) is 1.00. The third-order valence-corrected chi connectivity index (χ3v) is 3.40. The van der Waals surface area contributed by atoms with E-state index in [4.69, 9.17) is 0 Å². The zero-order valence-corrected chi connectivity index (χ0v) is 12.9.